The van der Waals surface area contributed by atoms with Crippen molar-refractivity contribution in [1.82, 2.24) is 9.55 Å². The number of hydrogen-bond donors (Lipinski definition) is 1. The molecule has 17 heavy (non-hydrogen) atoms. The van der Waals surface area contributed by atoms with Crippen LogP contribution in [0, 0.1) is 5.92 Å². The smallest absolute Gasteiger partial charge is 0.201 e. The van der Waals surface area contributed by atoms with Crippen molar-refractivity contribution in [2.24, 2.45) is 5.92 Å². The second kappa shape index (κ2) is 4.22. The zero-order valence-corrected chi connectivity index (χ0v) is 10.5. The van der Waals surface area contributed by atoms with Crippen molar-refractivity contribution < 1.29 is 0 Å². The first kappa shape index (κ1) is 10.9. The summed E-state index contributed by atoms with van der Waals surface area (Å²) in [6.45, 7) is 0.927. The van der Waals surface area contributed by atoms with Crippen molar-refractivity contribution in [1.29, 1.82) is 0 Å². The van der Waals surface area contributed by atoms with Gasteiger partial charge in [-0.15, -0.1) is 0 Å². The third-order valence-electron chi connectivity index (χ3n) is 3.73. The van der Waals surface area contributed by atoms with Crippen LogP contribution in [0.4, 0.5) is 5.95 Å². The van der Waals surface area contributed by atoms with Crippen molar-refractivity contribution in [2.45, 2.75) is 32.2 Å². The van der Waals surface area contributed by atoms with E-state index in [0.29, 0.717) is 5.95 Å². The van der Waals surface area contributed by atoms with E-state index in [9.17, 15) is 0 Å². The Bertz CT molecular complexity index is 543. The second-order valence-corrected chi connectivity index (χ2v) is 5.22. The van der Waals surface area contributed by atoms with E-state index in [-0.39, 0.29) is 0 Å². The van der Waals surface area contributed by atoms with Gasteiger partial charge in [-0.1, -0.05) is 36.9 Å². The lowest BCUT2D eigenvalue weighted by Crippen LogP contribution is -2.14. The van der Waals surface area contributed by atoms with Crippen molar-refractivity contribution in [3.05, 3.63) is 23.2 Å². The number of nitrogens with two attached hydrogens (primary N) is 1. The first-order valence-electron chi connectivity index (χ1n) is 6.16. The molecule has 1 heterocycles. The predicted octanol–water partition coefficient (Wildman–Crippen LogP) is 3.46. The van der Waals surface area contributed by atoms with Crippen molar-refractivity contribution >= 4 is 28.6 Å². The van der Waals surface area contributed by atoms with E-state index in [1.807, 2.05) is 18.2 Å². The molecular formula is C13H16ClN3. The highest BCUT2D eigenvalue weighted by atomic mass is 35.5. The van der Waals surface area contributed by atoms with Gasteiger partial charge in [-0.3, -0.25) is 0 Å². The third-order valence-corrected chi connectivity index (χ3v) is 4.04. The van der Waals surface area contributed by atoms with E-state index in [4.69, 9.17) is 17.3 Å². The fourth-order valence-electron chi connectivity index (χ4n) is 2.48. The van der Waals surface area contributed by atoms with E-state index in [1.54, 1.807) is 0 Å². The van der Waals surface area contributed by atoms with Gasteiger partial charge < -0.3 is 10.3 Å². The highest BCUT2D eigenvalue weighted by Crippen LogP contribution is 2.32. The second-order valence-electron chi connectivity index (χ2n) is 4.81. The van der Waals surface area contributed by atoms with Crippen LogP contribution in [0.25, 0.3) is 11.0 Å². The maximum atomic E-state index is 6.22. The number of nitrogen functional groups attached to an aromatic ring is 1. The quantitative estimate of drug-likeness (QED) is 0.905. The molecule has 0 bridgehead atoms. The average molecular weight is 250 g/mol. The molecule has 90 valence electrons. The number of aromatic nitrogens is 2. The minimum atomic E-state index is 0.576. The SMILES string of the molecule is Nc1nc2cccc(Cl)c2n1CCC1CCC1. The Morgan fingerprint density at radius 1 is 1.41 bits per heavy atom. The molecule has 1 aromatic heterocycles. The molecule has 0 spiro atoms. The summed E-state index contributed by atoms with van der Waals surface area (Å²) in [5.41, 5.74) is 7.83. The van der Waals surface area contributed by atoms with Crippen LogP contribution in [0.5, 0.6) is 0 Å². The Morgan fingerprint density at radius 3 is 2.94 bits per heavy atom. The number of hydrogen-bond acceptors (Lipinski definition) is 2. The molecule has 3 rings (SSSR count). The van der Waals surface area contributed by atoms with E-state index in [1.165, 1.54) is 25.7 Å². The van der Waals surface area contributed by atoms with Crippen molar-refractivity contribution in [3.8, 4) is 0 Å². The summed E-state index contributed by atoms with van der Waals surface area (Å²) < 4.78 is 2.05. The molecule has 2 aromatic rings. The van der Waals surface area contributed by atoms with E-state index >= 15 is 0 Å². The minimum Gasteiger partial charge on any atom is -0.369 e. The summed E-state index contributed by atoms with van der Waals surface area (Å²) in [7, 11) is 0. The Kier molecular flexibility index (Phi) is 2.71. The van der Waals surface area contributed by atoms with Crippen molar-refractivity contribution in [3.63, 3.8) is 0 Å². The summed E-state index contributed by atoms with van der Waals surface area (Å²) in [5.74, 6) is 1.45. The number of rotatable bonds is 3. The first-order valence-corrected chi connectivity index (χ1v) is 6.54. The number of halogens is 1. The highest BCUT2D eigenvalue weighted by Gasteiger charge is 2.18. The van der Waals surface area contributed by atoms with E-state index in [2.05, 4.69) is 9.55 Å². The van der Waals surface area contributed by atoms with Gasteiger partial charge in [0.15, 0.2) is 0 Å². The van der Waals surface area contributed by atoms with E-state index in [0.717, 1.165) is 28.5 Å². The topological polar surface area (TPSA) is 43.8 Å². The van der Waals surface area contributed by atoms with Gasteiger partial charge in [0.2, 0.25) is 5.95 Å². The van der Waals surface area contributed by atoms with Gasteiger partial charge >= 0.3 is 0 Å². The first-order chi connectivity index (χ1) is 8.25. The fourth-order valence-corrected chi connectivity index (χ4v) is 2.75. The molecule has 0 atom stereocenters. The molecule has 1 aliphatic carbocycles. The Morgan fingerprint density at radius 2 is 2.24 bits per heavy atom. The van der Waals surface area contributed by atoms with Gasteiger partial charge in [0.05, 0.1) is 16.1 Å². The molecule has 3 nitrogen and oxygen atoms in total. The third kappa shape index (κ3) is 1.89. The number of nitrogens with zero attached hydrogens (tertiary/aromatic N) is 2. The van der Waals surface area contributed by atoms with Crippen LogP contribution in [-0.4, -0.2) is 9.55 Å². The summed E-state index contributed by atoms with van der Waals surface area (Å²) >= 11 is 6.22. The van der Waals surface area contributed by atoms with Gasteiger partial charge in [0.1, 0.15) is 0 Å². The molecular weight excluding hydrogens is 234 g/mol. The zero-order valence-electron chi connectivity index (χ0n) is 9.69. The summed E-state index contributed by atoms with van der Waals surface area (Å²) in [6.07, 6.45) is 5.28. The predicted molar refractivity (Wildman–Crippen MR) is 71.1 cm³/mol. The molecule has 0 saturated heterocycles. The zero-order chi connectivity index (χ0) is 11.8. The number of anilines is 1. The Labute approximate surface area is 106 Å². The van der Waals surface area contributed by atoms with Gasteiger partial charge in [0, 0.05) is 6.54 Å². The standard InChI is InChI=1S/C13H16ClN3/c14-10-5-2-6-11-12(10)17(13(15)16-11)8-7-9-3-1-4-9/h2,5-6,9H,1,3-4,7-8H2,(H2,15,16). The van der Waals surface area contributed by atoms with Crippen LogP contribution in [0.15, 0.2) is 18.2 Å². The maximum Gasteiger partial charge on any atom is 0.201 e. The number of fused-ring (bicyclic) bond motifs is 1. The molecule has 0 aliphatic heterocycles. The normalized spacial score (nSPS) is 16.3. The summed E-state index contributed by atoms with van der Waals surface area (Å²) in [5, 5.41) is 0.736. The van der Waals surface area contributed by atoms with Gasteiger partial charge in [-0.25, -0.2) is 4.98 Å². The summed E-state index contributed by atoms with van der Waals surface area (Å²) in [4.78, 5) is 4.35. The van der Waals surface area contributed by atoms with Crippen LogP contribution < -0.4 is 5.73 Å². The van der Waals surface area contributed by atoms with Crippen LogP contribution in [0.3, 0.4) is 0 Å². The van der Waals surface area contributed by atoms with Crippen LogP contribution in [0.2, 0.25) is 5.02 Å². The van der Waals surface area contributed by atoms with Crippen molar-refractivity contribution in [2.75, 3.05) is 5.73 Å². The summed E-state index contributed by atoms with van der Waals surface area (Å²) in [6, 6.07) is 5.76. The highest BCUT2D eigenvalue weighted by molar-refractivity contribution is 6.35. The van der Waals surface area contributed by atoms with Crippen LogP contribution >= 0.6 is 11.6 Å². The molecule has 1 fully saturated rings. The lowest BCUT2D eigenvalue weighted by Gasteiger charge is -2.25. The van der Waals surface area contributed by atoms with Gasteiger partial charge in [-0.2, -0.15) is 0 Å². The van der Waals surface area contributed by atoms with Crippen LogP contribution in [-0.2, 0) is 6.54 Å². The molecule has 1 saturated carbocycles. The molecule has 2 N–H and O–H groups in total. The molecule has 0 radical (unpaired) electrons. The lowest BCUT2D eigenvalue weighted by molar-refractivity contribution is 0.284. The monoisotopic (exact) mass is 249 g/mol. The fraction of sp³-hybridized carbons (Fsp3) is 0.462. The average Bonchev–Trinajstić information content (AvgIpc) is 2.54. The minimum absolute atomic E-state index is 0.576. The number of aryl methyl sites for hydroxylation is 1. The Balaban J connectivity index is 1.93. The molecule has 1 aliphatic rings. The largest absolute Gasteiger partial charge is 0.369 e. The lowest BCUT2D eigenvalue weighted by atomic mass is 9.83. The number of imidazole rings is 1. The Hall–Kier alpha value is -1.22. The molecule has 0 unspecified atom stereocenters. The maximum absolute atomic E-state index is 6.22. The van der Waals surface area contributed by atoms with Gasteiger partial charge in [0.25, 0.3) is 0 Å². The van der Waals surface area contributed by atoms with Crippen LogP contribution in [0.1, 0.15) is 25.7 Å². The number of para-hydroxylation sites is 1. The molecule has 4 heteroatoms. The molecule has 1 aromatic carbocycles. The number of benzene rings is 1. The molecule has 0 amide bonds. The van der Waals surface area contributed by atoms with Gasteiger partial charge in [-0.05, 0) is 24.5 Å². The van der Waals surface area contributed by atoms with E-state index < -0.39 is 0 Å².